The fraction of sp³-hybridized carbons (Fsp3) is 0.870. The second-order valence-corrected chi connectivity index (χ2v) is 10.5. The SMILES string of the molecule is [C-]#[N+]C(C)(C)[C@@H]1CC[C@](C)([C@H]2CC[C@](C)([N+]#[C-])C3CC[C@](C)([N+]#[C-])[C@@H](O)[C@@H]32)O1. The van der Waals surface area contributed by atoms with Crippen LogP contribution < -0.4 is 0 Å². The van der Waals surface area contributed by atoms with Crippen molar-refractivity contribution in [3.63, 3.8) is 0 Å². The smallest absolute Gasteiger partial charge is 0.255 e. The standard InChI is InChI=1S/C23H33N3O2/c1-20(2,24-6)17-11-14-23(5,28-17)16-10-12-21(3,25-7)15-9-13-22(4,26-8)19(27)18(15)16/h15-19,27H,9-14H2,1-5H3/t15?,16-,17-,18-,19-,21-,22-,23+/m0/s1. The highest BCUT2D eigenvalue weighted by Gasteiger charge is 2.65. The molecule has 0 radical (unpaired) electrons. The number of rotatable bonds is 2. The third-order valence-electron chi connectivity index (χ3n) is 8.34. The van der Waals surface area contributed by atoms with E-state index < -0.39 is 28.3 Å². The van der Waals surface area contributed by atoms with E-state index in [0.717, 1.165) is 32.1 Å². The van der Waals surface area contributed by atoms with Crippen LogP contribution >= 0.6 is 0 Å². The molecule has 152 valence electrons. The van der Waals surface area contributed by atoms with Crippen molar-refractivity contribution in [1.29, 1.82) is 0 Å². The Morgan fingerprint density at radius 1 is 0.893 bits per heavy atom. The maximum atomic E-state index is 11.3. The second-order valence-electron chi connectivity index (χ2n) is 10.5. The molecule has 5 heteroatoms. The van der Waals surface area contributed by atoms with E-state index in [1.54, 1.807) is 0 Å². The van der Waals surface area contributed by atoms with Crippen LogP contribution in [0.1, 0.15) is 73.1 Å². The monoisotopic (exact) mass is 383 g/mol. The van der Waals surface area contributed by atoms with Gasteiger partial charge >= 0.3 is 0 Å². The molecule has 1 N–H and O–H groups in total. The van der Waals surface area contributed by atoms with Crippen molar-refractivity contribution in [2.45, 2.75) is 108 Å². The highest BCUT2D eigenvalue weighted by Crippen LogP contribution is 2.58. The third kappa shape index (κ3) is 3.03. The lowest BCUT2D eigenvalue weighted by atomic mass is 9.51. The molecule has 0 bridgehead atoms. The molecular weight excluding hydrogens is 350 g/mol. The predicted octanol–water partition coefficient (Wildman–Crippen LogP) is 4.78. The van der Waals surface area contributed by atoms with Crippen molar-refractivity contribution in [3.05, 3.63) is 34.3 Å². The molecular formula is C23H33N3O2. The number of aliphatic hydroxyl groups is 1. The van der Waals surface area contributed by atoms with E-state index in [2.05, 4.69) is 21.5 Å². The van der Waals surface area contributed by atoms with Gasteiger partial charge in [-0.1, -0.05) is 0 Å². The molecule has 0 aromatic heterocycles. The van der Waals surface area contributed by atoms with Crippen LogP contribution in [0.5, 0.6) is 0 Å². The Morgan fingerprint density at radius 2 is 1.46 bits per heavy atom. The summed E-state index contributed by atoms with van der Waals surface area (Å²) in [6, 6.07) is 0. The number of nitrogens with zero attached hydrogens (tertiary/aromatic N) is 3. The highest BCUT2D eigenvalue weighted by molar-refractivity contribution is 5.19. The average molecular weight is 384 g/mol. The molecule has 0 amide bonds. The molecule has 1 aliphatic heterocycles. The lowest BCUT2D eigenvalue weighted by Gasteiger charge is -2.53. The van der Waals surface area contributed by atoms with Gasteiger partial charge in [0.15, 0.2) is 0 Å². The Hall–Kier alpha value is -1.61. The quantitative estimate of drug-likeness (QED) is 0.698. The molecule has 0 aromatic rings. The first-order chi connectivity index (χ1) is 13.0. The summed E-state index contributed by atoms with van der Waals surface area (Å²) < 4.78 is 6.57. The number of aliphatic hydroxyl groups excluding tert-OH is 1. The van der Waals surface area contributed by atoms with Gasteiger partial charge in [-0.15, -0.1) is 0 Å². The van der Waals surface area contributed by atoms with Crippen LogP contribution in [0.3, 0.4) is 0 Å². The van der Waals surface area contributed by atoms with E-state index in [-0.39, 0.29) is 23.9 Å². The van der Waals surface area contributed by atoms with Crippen LogP contribution in [-0.4, -0.2) is 39.5 Å². The number of hydrogen-bond donors (Lipinski definition) is 1. The van der Waals surface area contributed by atoms with Gasteiger partial charge in [0.1, 0.15) is 12.2 Å². The topological polar surface area (TPSA) is 42.5 Å². The molecule has 1 saturated heterocycles. The first kappa shape index (κ1) is 21.1. The Morgan fingerprint density at radius 3 is 2.04 bits per heavy atom. The van der Waals surface area contributed by atoms with Crippen LogP contribution in [0.25, 0.3) is 14.5 Å². The van der Waals surface area contributed by atoms with Crippen LogP contribution in [0, 0.1) is 37.5 Å². The van der Waals surface area contributed by atoms with Gasteiger partial charge in [-0.05, 0) is 38.5 Å². The third-order valence-corrected chi connectivity index (χ3v) is 8.34. The maximum absolute atomic E-state index is 11.3. The van der Waals surface area contributed by atoms with Gasteiger partial charge in [0.2, 0.25) is 5.54 Å². The van der Waals surface area contributed by atoms with Crippen LogP contribution in [-0.2, 0) is 4.74 Å². The summed E-state index contributed by atoms with van der Waals surface area (Å²) in [6.45, 7) is 32.9. The van der Waals surface area contributed by atoms with E-state index in [1.165, 1.54) is 0 Å². The number of ether oxygens (including phenoxy) is 1. The first-order valence-corrected chi connectivity index (χ1v) is 10.5. The van der Waals surface area contributed by atoms with Crippen molar-refractivity contribution in [2.24, 2.45) is 17.8 Å². The van der Waals surface area contributed by atoms with Crippen molar-refractivity contribution in [3.8, 4) is 0 Å². The van der Waals surface area contributed by atoms with Gasteiger partial charge in [0.05, 0.1) is 5.60 Å². The van der Waals surface area contributed by atoms with E-state index in [9.17, 15) is 5.11 Å². The van der Waals surface area contributed by atoms with Crippen molar-refractivity contribution in [1.82, 2.24) is 0 Å². The Bertz CT molecular complexity index is 759. The zero-order valence-corrected chi connectivity index (χ0v) is 17.8. The Kier molecular flexibility index (Phi) is 5.07. The minimum Gasteiger partial charge on any atom is -0.384 e. The van der Waals surface area contributed by atoms with Crippen LogP contribution in [0.4, 0.5) is 0 Å². The van der Waals surface area contributed by atoms with Gasteiger partial charge < -0.3 is 24.4 Å². The van der Waals surface area contributed by atoms with E-state index in [0.29, 0.717) is 6.42 Å². The van der Waals surface area contributed by atoms with E-state index in [4.69, 9.17) is 24.5 Å². The summed E-state index contributed by atoms with van der Waals surface area (Å²) in [7, 11) is 0. The molecule has 2 saturated carbocycles. The minimum atomic E-state index is -0.788. The molecule has 0 aromatic carbocycles. The van der Waals surface area contributed by atoms with E-state index in [1.807, 2.05) is 27.7 Å². The molecule has 0 spiro atoms. The number of hydrogen-bond acceptors (Lipinski definition) is 2. The van der Waals surface area contributed by atoms with Crippen molar-refractivity contribution in [2.75, 3.05) is 0 Å². The zero-order valence-electron chi connectivity index (χ0n) is 17.8. The largest absolute Gasteiger partial charge is 0.384 e. The number of fused-ring (bicyclic) bond motifs is 1. The summed E-state index contributed by atoms with van der Waals surface area (Å²) in [5.74, 6) is 0.0812. The molecule has 28 heavy (non-hydrogen) atoms. The van der Waals surface area contributed by atoms with E-state index >= 15 is 0 Å². The molecule has 3 fully saturated rings. The molecule has 2 aliphatic carbocycles. The maximum Gasteiger partial charge on any atom is 0.255 e. The minimum absolute atomic E-state index is 0.0851. The second kappa shape index (κ2) is 6.73. The zero-order chi connectivity index (χ0) is 21.0. The molecule has 1 heterocycles. The van der Waals surface area contributed by atoms with Crippen LogP contribution in [0.15, 0.2) is 0 Å². The van der Waals surface area contributed by atoms with Crippen LogP contribution in [0.2, 0.25) is 0 Å². The lowest BCUT2D eigenvalue weighted by Crippen LogP contribution is -2.62. The summed E-state index contributed by atoms with van der Waals surface area (Å²) in [5, 5.41) is 11.3. The average Bonchev–Trinajstić information content (AvgIpc) is 3.09. The molecule has 8 atom stereocenters. The molecule has 3 aliphatic rings. The van der Waals surface area contributed by atoms with Gasteiger partial charge in [-0.2, -0.15) is 0 Å². The van der Waals surface area contributed by atoms with Crippen molar-refractivity contribution < 1.29 is 9.84 Å². The lowest BCUT2D eigenvalue weighted by molar-refractivity contribution is -0.157. The van der Waals surface area contributed by atoms with Gasteiger partial charge in [-0.25, -0.2) is 19.7 Å². The summed E-state index contributed by atoms with van der Waals surface area (Å²) in [6.07, 6.45) is 3.92. The fourth-order valence-corrected chi connectivity index (χ4v) is 6.15. The van der Waals surface area contributed by atoms with Gasteiger partial charge in [0, 0.05) is 52.4 Å². The van der Waals surface area contributed by atoms with Gasteiger partial charge in [0.25, 0.3) is 11.1 Å². The Labute approximate surface area is 169 Å². The highest BCUT2D eigenvalue weighted by atomic mass is 16.5. The fourth-order valence-electron chi connectivity index (χ4n) is 6.15. The molecule has 3 rings (SSSR count). The first-order valence-electron chi connectivity index (χ1n) is 10.5. The summed E-state index contributed by atoms with van der Waals surface area (Å²) in [4.78, 5) is 11.6. The summed E-state index contributed by atoms with van der Waals surface area (Å²) >= 11 is 0. The summed E-state index contributed by atoms with van der Waals surface area (Å²) in [5.41, 5.74) is -2.24. The van der Waals surface area contributed by atoms with Gasteiger partial charge in [-0.3, -0.25) is 0 Å². The molecule has 5 nitrogen and oxygen atoms in total. The predicted molar refractivity (Wildman–Crippen MR) is 108 cm³/mol. The van der Waals surface area contributed by atoms with Crippen molar-refractivity contribution >= 4 is 0 Å². The normalized spacial score (nSPS) is 48.8. The Balaban J connectivity index is 1.97. The molecule has 1 unspecified atom stereocenters.